The van der Waals surface area contributed by atoms with Crippen molar-refractivity contribution in [3.8, 4) is 0 Å². The number of esters is 1. The van der Waals surface area contributed by atoms with Crippen molar-refractivity contribution in [1.29, 1.82) is 0 Å². The van der Waals surface area contributed by atoms with Crippen molar-refractivity contribution < 1.29 is 9.53 Å². The first kappa shape index (κ1) is 10.5. The Kier molecular flexibility index (Phi) is 4.95. The summed E-state index contributed by atoms with van der Waals surface area (Å²) in [5, 5.41) is 0. The molecule has 0 amide bonds. The van der Waals surface area contributed by atoms with Crippen LogP contribution in [0.3, 0.4) is 0 Å². The highest BCUT2D eigenvalue weighted by Crippen LogP contribution is 2.05. The number of halogens is 1. The van der Waals surface area contributed by atoms with Crippen LogP contribution in [0.15, 0.2) is 12.2 Å². The lowest BCUT2D eigenvalue weighted by Crippen LogP contribution is -2.15. The first-order chi connectivity index (χ1) is 5.06. The molecule has 0 aliphatic rings. The molecule has 0 aromatic heterocycles. The average Bonchev–Trinajstić information content (AvgIpc) is 1.85. The normalized spacial score (nSPS) is 12.3. The number of rotatable bonds is 4. The topological polar surface area (TPSA) is 26.3 Å². The van der Waals surface area contributed by atoms with Crippen molar-refractivity contribution in [2.45, 2.75) is 26.4 Å². The van der Waals surface area contributed by atoms with Gasteiger partial charge >= 0.3 is 5.97 Å². The molecule has 0 fully saturated rings. The minimum absolute atomic E-state index is 0.0828. The third kappa shape index (κ3) is 5.92. The summed E-state index contributed by atoms with van der Waals surface area (Å²) in [6, 6.07) is 0. The van der Waals surface area contributed by atoms with E-state index in [1.165, 1.54) is 0 Å². The molecule has 0 aliphatic carbocycles. The van der Waals surface area contributed by atoms with E-state index in [9.17, 15) is 4.79 Å². The van der Waals surface area contributed by atoms with Crippen LogP contribution in [0, 0.1) is 0 Å². The maximum absolute atomic E-state index is 10.6. The second-order valence-corrected chi connectivity index (χ2v) is 2.86. The minimum atomic E-state index is -0.375. The van der Waals surface area contributed by atoms with E-state index in [4.69, 9.17) is 16.3 Å². The SMILES string of the molecule is C=C(C)CC(C)OC(=O)CCl. The number of alkyl halides is 1. The number of ether oxygens (including phenoxy) is 1. The van der Waals surface area contributed by atoms with Gasteiger partial charge in [0.25, 0.3) is 0 Å². The second-order valence-electron chi connectivity index (χ2n) is 2.60. The summed E-state index contributed by atoms with van der Waals surface area (Å²) < 4.78 is 4.88. The molecule has 0 saturated carbocycles. The molecule has 64 valence electrons. The maximum atomic E-state index is 10.6. The summed E-state index contributed by atoms with van der Waals surface area (Å²) in [7, 11) is 0. The van der Waals surface area contributed by atoms with E-state index >= 15 is 0 Å². The highest BCUT2D eigenvalue weighted by Gasteiger charge is 2.07. The van der Waals surface area contributed by atoms with Crippen LogP contribution < -0.4 is 0 Å². The molecule has 0 N–H and O–H groups in total. The van der Waals surface area contributed by atoms with Crippen molar-refractivity contribution >= 4 is 17.6 Å². The van der Waals surface area contributed by atoms with Crippen LogP contribution in [0.1, 0.15) is 20.3 Å². The third-order valence-electron chi connectivity index (χ3n) is 1.08. The quantitative estimate of drug-likeness (QED) is 0.373. The van der Waals surface area contributed by atoms with Crippen LogP contribution in [0.5, 0.6) is 0 Å². The Morgan fingerprint density at radius 3 is 2.64 bits per heavy atom. The monoisotopic (exact) mass is 176 g/mol. The highest BCUT2D eigenvalue weighted by atomic mass is 35.5. The van der Waals surface area contributed by atoms with Crippen molar-refractivity contribution in [2.75, 3.05) is 5.88 Å². The Labute approximate surface area is 72.2 Å². The molecule has 0 radical (unpaired) electrons. The van der Waals surface area contributed by atoms with E-state index in [1.54, 1.807) is 0 Å². The van der Waals surface area contributed by atoms with E-state index in [1.807, 2.05) is 13.8 Å². The summed E-state index contributed by atoms with van der Waals surface area (Å²) in [5.74, 6) is -0.457. The van der Waals surface area contributed by atoms with Gasteiger partial charge in [-0.05, 0) is 13.8 Å². The van der Waals surface area contributed by atoms with Gasteiger partial charge in [-0.1, -0.05) is 5.57 Å². The highest BCUT2D eigenvalue weighted by molar-refractivity contribution is 6.26. The van der Waals surface area contributed by atoms with E-state index in [0.717, 1.165) is 5.57 Å². The summed E-state index contributed by atoms with van der Waals surface area (Å²) in [6.45, 7) is 7.42. The summed E-state index contributed by atoms with van der Waals surface area (Å²) >= 11 is 5.24. The van der Waals surface area contributed by atoms with E-state index in [2.05, 4.69) is 6.58 Å². The standard InChI is InChI=1S/C8H13ClO2/c1-6(2)4-7(3)11-8(10)5-9/h7H,1,4-5H2,2-3H3. The number of hydrogen-bond donors (Lipinski definition) is 0. The summed E-state index contributed by atoms with van der Waals surface area (Å²) in [5.41, 5.74) is 1.000. The van der Waals surface area contributed by atoms with Crippen LogP contribution in [0.4, 0.5) is 0 Å². The molecule has 0 rings (SSSR count). The summed E-state index contributed by atoms with van der Waals surface area (Å²) in [6.07, 6.45) is 0.585. The van der Waals surface area contributed by atoms with Crippen LogP contribution in [-0.4, -0.2) is 18.0 Å². The first-order valence-electron chi connectivity index (χ1n) is 3.46. The molecule has 3 heteroatoms. The molecule has 0 aromatic rings. The fraction of sp³-hybridized carbons (Fsp3) is 0.625. The molecule has 0 saturated heterocycles. The molecule has 11 heavy (non-hydrogen) atoms. The van der Waals surface area contributed by atoms with Gasteiger partial charge in [0.2, 0.25) is 0 Å². The van der Waals surface area contributed by atoms with E-state index in [-0.39, 0.29) is 18.0 Å². The lowest BCUT2D eigenvalue weighted by atomic mass is 10.2. The predicted molar refractivity (Wildman–Crippen MR) is 45.7 cm³/mol. The summed E-state index contributed by atoms with van der Waals surface area (Å²) in [4.78, 5) is 10.6. The first-order valence-corrected chi connectivity index (χ1v) is 3.99. The van der Waals surface area contributed by atoms with Crippen LogP contribution in [0.2, 0.25) is 0 Å². The molecule has 0 aromatic carbocycles. The van der Waals surface area contributed by atoms with Gasteiger partial charge in [0.1, 0.15) is 12.0 Å². The van der Waals surface area contributed by atoms with Gasteiger partial charge in [-0.25, -0.2) is 0 Å². The molecule has 0 spiro atoms. The lowest BCUT2D eigenvalue weighted by Gasteiger charge is -2.11. The van der Waals surface area contributed by atoms with Gasteiger partial charge < -0.3 is 4.74 Å². The largest absolute Gasteiger partial charge is 0.461 e. The number of carbonyl (C=O) groups excluding carboxylic acids is 1. The Balaban J connectivity index is 3.60. The Hall–Kier alpha value is -0.500. The van der Waals surface area contributed by atoms with Gasteiger partial charge in [0, 0.05) is 6.42 Å². The zero-order chi connectivity index (χ0) is 8.85. The van der Waals surface area contributed by atoms with Crippen molar-refractivity contribution in [3.05, 3.63) is 12.2 Å². The minimum Gasteiger partial charge on any atom is -0.461 e. The fourth-order valence-electron chi connectivity index (χ4n) is 0.788. The molecule has 1 unspecified atom stereocenters. The third-order valence-corrected chi connectivity index (χ3v) is 1.30. The molecule has 0 heterocycles. The van der Waals surface area contributed by atoms with Crippen molar-refractivity contribution in [3.63, 3.8) is 0 Å². The van der Waals surface area contributed by atoms with Gasteiger partial charge in [-0.2, -0.15) is 0 Å². The van der Waals surface area contributed by atoms with Crippen LogP contribution in [-0.2, 0) is 9.53 Å². The maximum Gasteiger partial charge on any atom is 0.321 e. The molecule has 2 nitrogen and oxygen atoms in total. The molecular formula is C8H13ClO2. The Bertz CT molecular complexity index is 154. The second kappa shape index (κ2) is 5.19. The average molecular weight is 177 g/mol. The van der Waals surface area contributed by atoms with Gasteiger partial charge in [0.15, 0.2) is 0 Å². The lowest BCUT2D eigenvalue weighted by molar-refractivity contribution is -0.144. The predicted octanol–water partition coefficient (Wildman–Crippen LogP) is 2.12. The van der Waals surface area contributed by atoms with Gasteiger partial charge in [-0.15, -0.1) is 18.2 Å². The van der Waals surface area contributed by atoms with Crippen LogP contribution in [0.25, 0.3) is 0 Å². The molecule has 1 atom stereocenters. The molecular weight excluding hydrogens is 164 g/mol. The number of hydrogen-bond acceptors (Lipinski definition) is 2. The van der Waals surface area contributed by atoms with Crippen LogP contribution >= 0.6 is 11.6 Å². The van der Waals surface area contributed by atoms with Crippen molar-refractivity contribution in [2.24, 2.45) is 0 Å². The number of carbonyl (C=O) groups is 1. The molecule has 0 bridgehead atoms. The zero-order valence-electron chi connectivity index (χ0n) is 6.89. The zero-order valence-corrected chi connectivity index (χ0v) is 7.65. The smallest absolute Gasteiger partial charge is 0.321 e. The van der Waals surface area contributed by atoms with Gasteiger partial charge in [0.05, 0.1) is 0 Å². The fourth-order valence-corrected chi connectivity index (χ4v) is 0.851. The van der Waals surface area contributed by atoms with Crippen molar-refractivity contribution in [1.82, 2.24) is 0 Å². The van der Waals surface area contributed by atoms with E-state index < -0.39 is 0 Å². The Morgan fingerprint density at radius 1 is 1.73 bits per heavy atom. The molecule has 0 aliphatic heterocycles. The van der Waals surface area contributed by atoms with E-state index in [0.29, 0.717) is 6.42 Å². The van der Waals surface area contributed by atoms with Gasteiger partial charge in [-0.3, -0.25) is 4.79 Å². The Morgan fingerprint density at radius 2 is 2.27 bits per heavy atom.